The SMILES string of the molecule is C=CC.O=C(O)O.O=C(O)O.O=C(O)O.O=C(O)O.O=C(O)O.O=C(O)O.O=C(O)O.O=C(O)O.O=C(O)O.O=C(O)O.O=C(O)O.O=C(O)O. The fourth-order valence-corrected chi connectivity index (χ4v) is 0. The molecule has 0 aliphatic heterocycles. The largest absolute Gasteiger partial charge is 0.503 e. The van der Waals surface area contributed by atoms with Crippen LogP contribution in [0.2, 0.25) is 0 Å². The first-order valence-corrected chi connectivity index (χ1v) is 8.80. The van der Waals surface area contributed by atoms with E-state index in [1.165, 1.54) is 0 Å². The Labute approximate surface area is 274 Å². The van der Waals surface area contributed by atoms with Crippen molar-refractivity contribution < 1.29 is 180 Å². The standard InChI is InChI=1S/C3H6.12CH2O3/c1-3-2;12*2-1(3)4/h3H,1H2,2H3;12*(H2,2,3,4). The molecule has 51 heavy (non-hydrogen) atoms. The number of carbonyl (C=O) groups is 12. The highest BCUT2D eigenvalue weighted by molar-refractivity contribution is 5.55. The van der Waals surface area contributed by atoms with Crippen molar-refractivity contribution in [1.82, 2.24) is 0 Å². The maximum Gasteiger partial charge on any atom is 0.503 e. The van der Waals surface area contributed by atoms with E-state index in [1.54, 1.807) is 6.08 Å². The Kier molecular flexibility index (Phi) is 138. The van der Waals surface area contributed by atoms with Crippen molar-refractivity contribution in [2.45, 2.75) is 6.92 Å². The molecule has 0 saturated carbocycles. The lowest BCUT2D eigenvalue weighted by Crippen LogP contribution is -1.81. The van der Waals surface area contributed by atoms with Gasteiger partial charge in [0.2, 0.25) is 0 Å². The molecule has 0 aromatic carbocycles. The van der Waals surface area contributed by atoms with Gasteiger partial charge >= 0.3 is 73.9 Å². The molecule has 0 aliphatic carbocycles. The molecule has 0 heterocycles. The van der Waals surface area contributed by atoms with Gasteiger partial charge in [0, 0.05) is 0 Å². The lowest BCUT2D eigenvalue weighted by Gasteiger charge is -1.60. The van der Waals surface area contributed by atoms with Crippen LogP contribution in [0.3, 0.4) is 0 Å². The van der Waals surface area contributed by atoms with Crippen LogP contribution in [0.5, 0.6) is 0 Å². The van der Waals surface area contributed by atoms with Crippen molar-refractivity contribution >= 4 is 73.9 Å². The Morgan fingerprint density at radius 2 is 0.235 bits per heavy atom. The smallest absolute Gasteiger partial charge is 0.450 e. The number of rotatable bonds is 0. The van der Waals surface area contributed by atoms with Crippen LogP contribution in [0.1, 0.15) is 6.92 Å². The van der Waals surface area contributed by atoms with Gasteiger partial charge < -0.3 is 123 Å². The Morgan fingerprint density at radius 1 is 0.235 bits per heavy atom. The monoisotopic (exact) mass is 786 g/mol. The average Bonchev–Trinajstić information content (AvgIpc) is 2.68. The molecule has 0 unspecified atom stereocenters. The van der Waals surface area contributed by atoms with Crippen molar-refractivity contribution in [1.29, 1.82) is 0 Å². The van der Waals surface area contributed by atoms with Gasteiger partial charge in [0.1, 0.15) is 0 Å². The van der Waals surface area contributed by atoms with E-state index in [2.05, 4.69) is 6.58 Å². The Hall–Kier alpha value is -9.02. The van der Waals surface area contributed by atoms with Gasteiger partial charge in [-0.15, -0.1) is 6.58 Å². The topological polar surface area (TPSA) is 690 Å². The third kappa shape index (κ3) is 765. The zero-order chi connectivity index (χ0) is 45.6. The van der Waals surface area contributed by atoms with Gasteiger partial charge in [0.05, 0.1) is 0 Å². The maximum atomic E-state index is 8.56. The van der Waals surface area contributed by atoms with E-state index >= 15 is 0 Å². The third-order valence-corrected chi connectivity index (χ3v) is 0. The number of hydrogen-bond acceptors (Lipinski definition) is 12. The van der Waals surface area contributed by atoms with Crippen LogP contribution in [0, 0.1) is 0 Å². The molecular weight excluding hydrogens is 756 g/mol. The second kappa shape index (κ2) is 83.7. The van der Waals surface area contributed by atoms with Crippen LogP contribution in [0.25, 0.3) is 0 Å². The second-order valence-electron chi connectivity index (χ2n) is 3.80. The highest BCUT2D eigenvalue weighted by Crippen LogP contribution is 1.47. The van der Waals surface area contributed by atoms with Crippen LogP contribution < -0.4 is 0 Å². The summed E-state index contributed by atoms with van der Waals surface area (Å²) in [6.07, 6.45) is -20.2. The summed E-state index contributed by atoms with van der Waals surface area (Å²) in [7, 11) is 0. The molecule has 0 atom stereocenters. The normalized spacial score (nSPS) is 5.90. The minimum atomic E-state index is -1.83. The molecule has 0 saturated heterocycles. The van der Waals surface area contributed by atoms with Gasteiger partial charge in [0.25, 0.3) is 0 Å². The number of allylic oxidation sites excluding steroid dienone is 1. The first-order chi connectivity index (χ1) is 22.2. The van der Waals surface area contributed by atoms with Gasteiger partial charge in [-0.25, -0.2) is 57.5 Å². The summed E-state index contributed by atoms with van der Waals surface area (Å²) in [6, 6.07) is 0. The number of carboxylic acid groups (broad SMARTS) is 24. The zero-order valence-electron chi connectivity index (χ0n) is 23.9. The first-order valence-electron chi connectivity index (χ1n) is 8.80. The molecule has 36 heteroatoms. The van der Waals surface area contributed by atoms with E-state index in [0.717, 1.165) is 0 Å². The predicted octanol–water partition coefficient (Wildman–Crippen LogP) is 3.86. The molecule has 0 aliphatic rings. The molecule has 0 rings (SSSR count). The summed E-state index contributed by atoms with van der Waals surface area (Å²) in [6.45, 7) is 5.25. The van der Waals surface area contributed by atoms with Crippen molar-refractivity contribution in [2.75, 3.05) is 0 Å². The van der Waals surface area contributed by atoms with E-state index in [1.807, 2.05) is 6.92 Å². The quantitative estimate of drug-likeness (QED) is 0.155. The van der Waals surface area contributed by atoms with Gasteiger partial charge in [0.15, 0.2) is 0 Å². The van der Waals surface area contributed by atoms with E-state index in [9.17, 15) is 0 Å². The average molecular weight is 786 g/mol. The van der Waals surface area contributed by atoms with Crippen molar-refractivity contribution in [3.8, 4) is 0 Å². The van der Waals surface area contributed by atoms with Gasteiger partial charge in [-0.1, -0.05) is 6.08 Å². The summed E-state index contributed by atoms with van der Waals surface area (Å²) in [5.41, 5.74) is 0. The first kappa shape index (κ1) is 83.9. The van der Waals surface area contributed by atoms with Crippen LogP contribution in [0.15, 0.2) is 12.7 Å². The minimum Gasteiger partial charge on any atom is -0.450 e. The van der Waals surface area contributed by atoms with E-state index in [4.69, 9.17) is 180 Å². The van der Waals surface area contributed by atoms with Crippen molar-refractivity contribution in [3.63, 3.8) is 0 Å². The summed E-state index contributed by atoms with van der Waals surface area (Å²) in [4.78, 5) is 103. The summed E-state index contributed by atoms with van der Waals surface area (Å²) >= 11 is 0. The van der Waals surface area contributed by atoms with Gasteiger partial charge in [-0.05, 0) is 6.92 Å². The molecule has 0 bridgehead atoms. The Morgan fingerprint density at radius 3 is 0.235 bits per heavy atom. The van der Waals surface area contributed by atoms with E-state index in [-0.39, 0.29) is 0 Å². The highest BCUT2D eigenvalue weighted by Gasteiger charge is 1.74. The van der Waals surface area contributed by atoms with Crippen molar-refractivity contribution in [2.24, 2.45) is 0 Å². The fraction of sp³-hybridized carbons (Fsp3) is 0.0667. The summed E-state index contributed by atoms with van der Waals surface area (Å²) < 4.78 is 0. The van der Waals surface area contributed by atoms with Gasteiger partial charge in [-0.2, -0.15) is 0 Å². The van der Waals surface area contributed by atoms with Crippen LogP contribution >= 0.6 is 0 Å². The number of hydrogen-bond donors (Lipinski definition) is 24. The highest BCUT2D eigenvalue weighted by atomic mass is 16.6. The molecule has 36 nitrogen and oxygen atoms in total. The van der Waals surface area contributed by atoms with Crippen LogP contribution in [-0.4, -0.2) is 196 Å². The Bertz CT molecular complexity index is 623. The van der Waals surface area contributed by atoms with Crippen LogP contribution in [0.4, 0.5) is 57.5 Å². The third-order valence-electron chi connectivity index (χ3n) is 0. The zero-order valence-corrected chi connectivity index (χ0v) is 23.9. The van der Waals surface area contributed by atoms with Gasteiger partial charge in [-0.3, -0.25) is 0 Å². The molecule has 0 aromatic rings. The van der Waals surface area contributed by atoms with Crippen LogP contribution in [-0.2, 0) is 0 Å². The lowest BCUT2D eigenvalue weighted by atomic mass is 10.8. The summed E-state index contributed by atoms with van der Waals surface area (Å²) in [5, 5.41) is 167. The predicted molar refractivity (Wildman–Crippen MR) is 144 cm³/mol. The van der Waals surface area contributed by atoms with E-state index in [0.29, 0.717) is 0 Å². The maximum absolute atomic E-state index is 8.56. The molecule has 0 aromatic heterocycles. The molecular formula is C15H30O36. The molecule has 0 radical (unpaired) electrons. The molecule has 0 spiro atoms. The second-order valence-corrected chi connectivity index (χ2v) is 3.80. The molecule has 24 N–H and O–H groups in total. The molecule has 0 fully saturated rings. The molecule has 306 valence electrons. The lowest BCUT2D eigenvalue weighted by molar-refractivity contribution is 0.135. The summed E-state index contributed by atoms with van der Waals surface area (Å²) in [5.74, 6) is 0. The molecule has 0 amide bonds. The van der Waals surface area contributed by atoms with E-state index < -0.39 is 73.9 Å². The van der Waals surface area contributed by atoms with Crippen molar-refractivity contribution in [3.05, 3.63) is 12.7 Å². The minimum absolute atomic E-state index is 1.75. The Balaban J connectivity index is -0.0000000279. The fourth-order valence-electron chi connectivity index (χ4n) is 0.